The van der Waals surface area contributed by atoms with Gasteiger partial charge in [0.15, 0.2) is 0 Å². The molecule has 4 aromatic rings. The van der Waals surface area contributed by atoms with Crippen molar-refractivity contribution in [3.8, 4) is 17.0 Å². The molecule has 4 N–H and O–H groups in total. The van der Waals surface area contributed by atoms with E-state index >= 15 is 0 Å². The second-order valence-corrected chi connectivity index (χ2v) is 7.60. The van der Waals surface area contributed by atoms with Gasteiger partial charge in [0, 0.05) is 30.2 Å². The minimum atomic E-state index is -0.211. The number of phenolic OH excluding ortho intramolecular Hbond substituents is 1. The van der Waals surface area contributed by atoms with Gasteiger partial charge in [0.2, 0.25) is 5.95 Å². The standard InChI is InChI=1S/C25H25N5O2/c1-16-7-3-5-9-20(16)29-25-28-14-17(2)23(30-25)19-13-21(27-15-19)24(32)26-12-11-18-8-4-6-10-22(18)31/h3-10,13-15,27,31H,11-12H2,1-2H3,(H,26,32)(H,28,29,30). The number of benzene rings is 2. The van der Waals surface area contributed by atoms with Crippen molar-refractivity contribution >= 4 is 17.5 Å². The first kappa shape index (κ1) is 21.1. The highest BCUT2D eigenvalue weighted by Crippen LogP contribution is 2.25. The Labute approximate surface area is 186 Å². The number of carbonyl (C=O) groups excluding carboxylic acids is 1. The van der Waals surface area contributed by atoms with Gasteiger partial charge in [-0.1, -0.05) is 36.4 Å². The molecule has 0 bridgehead atoms. The average Bonchev–Trinajstić information content (AvgIpc) is 3.28. The number of carbonyl (C=O) groups is 1. The molecule has 32 heavy (non-hydrogen) atoms. The molecule has 4 rings (SSSR count). The maximum Gasteiger partial charge on any atom is 0.267 e. The van der Waals surface area contributed by atoms with E-state index in [0.717, 1.165) is 33.6 Å². The Morgan fingerprint density at radius 3 is 2.66 bits per heavy atom. The lowest BCUT2D eigenvalue weighted by Crippen LogP contribution is -2.25. The van der Waals surface area contributed by atoms with E-state index in [9.17, 15) is 9.90 Å². The van der Waals surface area contributed by atoms with E-state index in [1.807, 2.05) is 50.2 Å². The van der Waals surface area contributed by atoms with Crippen molar-refractivity contribution in [2.75, 3.05) is 11.9 Å². The number of rotatable bonds is 7. The van der Waals surface area contributed by atoms with E-state index in [4.69, 9.17) is 0 Å². The van der Waals surface area contributed by atoms with Crippen LogP contribution in [0, 0.1) is 13.8 Å². The SMILES string of the molecule is Cc1ccccc1Nc1ncc(C)c(-c2c[nH]c(C(=O)NCCc3ccccc3O)c2)n1. The number of para-hydroxylation sites is 2. The molecule has 0 saturated heterocycles. The van der Waals surface area contributed by atoms with Crippen LogP contribution in [-0.2, 0) is 6.42 Å². The largest absolute Gasteiger partial charge is 0.508 e. The molecule has 2 heterocycles. The first-order valence-corrected chi connectivity index (χ1v) is 10.4. The van der Waals surface area contributed by atoms with Crippen molar-refractivity contribution in [1.29, 1.82) is 0 Å². The third-order valence-electron chi connectivity index (χ3n) is 5.24. The first-order valence-electron chi connectivity index (χ1n) is 10.4. The Morgan fingerprint density at radius 2 is 1.84 bits per heavy atom. The van der Waals surface area contributed by atoms with Crippen LogP contribution in [0.15, 0.2) is 67.0 Å². The molecule has 162 valence electrons. The van der Waals surface area contributed by atoms with Gasteiger partial charge >= 0.3 is 0 Å². The Bertz CT molecular complexity index is 1250. The molecule has 0 aliphatic carbocycles. The van der Waals surface area contributed by atoms with Crippen molar-refractivity contribution in [2.45, 2.75) is 20.3 Å². The number of aromatic hydroxyl groups is 1. The maximum atomic E-state index is 12.5. The third kappa shape index (κ3) is 4.78. The molecular weight excluding hydrogens is 402 g/mol. The van der Waals surface area contributed by atoms with Gasteiger partial charge in [-0.3, -0.25) is 4.79 Å². The highest BCUT2D eigenvalue weighted by Gasteiger charge is 2.13. The number of amides is 1. The zero-order valence-electron chi connectivity index (χ0n) is 18.0. The fraction of sp³-hybridized carbons (Fsp3) is 0.160. The number of H-pyrrole nitrogens is 1. The Hall–Kier alpha value is -4.13. The fourth-order valence-electron chi connectivity index (χ4n) is 3.42. The molecule has 0 aliphatic rings. The highest BCUT2D eigenvalue weighted by molar-refractivity contribution is 5.93. The summed E-state index contributed by atoms with van der Waals surface area (Å²) in [5.74, 6) is 0.518. The van der Waals surface area contributed by atoms with Crippen LogP contribution >= 0.6 is 0 Å². The second-order valence-electron chi connectivity index (χ2n) is 7.60. The lowest BCUT2D eigenvalue weighted by molar-refractivity contribution is 0.0949. The number of nitrogens with one attached hydrogen (secondary N) is 3. The van der Waals surface area contributed by atoms with E-state index in [1.165, 1.54) is 0 Å². The van der Waals surface area contributed by atoms with Crippen molar-refractivity contribution < 1.29 is 9.90 Å². The van der Waals surface area contributed by atoms with Crippen molar-refractivity contribution in [2.24, 2.45) is 0 Å². The summed E-state index contributed by atoms with van der Waals surface area (Å²) < 4.78 is 0. The van der Waals surface area contributed by atoms with Crippen LogP contribution < -0.4 is 10.6 Å². The summed E-state index contributed by atoms with van der Waals surface area (Å²) in [7, 11) is 0. The Balaban J connectivity index is 1.45. The lowest BCUT2D eigenvalue weighted by Gasteiger charge is -2.10. The van der Waals surface area contributed by atoms with Gasteiger partial charge in [0.25, 0.3) is 5.91 Å². The molecular formula is C25H25N5O2. The number of anilines is 2. The summed E-state index contributed by atoms with van der Waals surface area (Å²) in [4.78, 5) is 24.6. The topological polar surface area (TPSA) is 103 Å². The normalized spacial score (nSPS) is 10.7. The monoisotopic (exact) mass is 427 g/mol. The molecule has 0 atom stereocenters. The molecule has 2 aromatic carbocycles. The van der Waals surface area contributed by atoms with Crippen LogP contribution in [0.25, 0.3) is 11.3 Å². The second kappa shape index (κ2) is 9.34. The number of nitrogens with zero attached hydrogens (tertiary/aromatic N) is 2. The third-order valence-corrected chi connectivity index (χ3v) is 5.24. The molecule has 1 amide bonds. The van der Waals surface area contributed by atoms with E-state index < -0.39 is 0 Å². The molecule has 7 nitrogen and oxygen atoms in total. The Morgan fingerprint density at radius 1 is 1.06 bits per heavy atom. The van der Waals surface area contributed by atoms with E-state index in [0.29, 0.717) is 24.6 Å². The predicted octanol–water partition coefficient (Wildman–Crippen LogP) is 4.51. The van der Waals surface area contributed by atoms with Crippen molar-refractivity contribution in [3.05, 3.63) is 89.4 Å². The summed E-state index contributed by atoms with van der Waals surface area (Å²) >= 11 is 0. The minimum Gasteiger partial charge on any atom is -0.508 e. The summed E-state index contributed by atoms with van der Waals surface area (Å²) in [6, 6.07) is 16.8. The summed E-state index contributed by atoms with van der Waals surface area (Å²) in [5, 5.41) is 16.0. The van der Waals surface area contributed by atoms with Crippen LogP contribution in [0.4, 0.5) is 11.6 Å². The number of hydrogen-bond acceptors (Lipinski definition) is 5. The van der Waals surface area contributed by atoms with Crippen LogP contribution in [0.5, 0.6) is 5.75 Å². The van der Waals surface area contributed by atoms with Crippen LogP contribution in [-0.4, -0.2) is 32.5 Å². The number of aromatic nitrogens is 3. The van der Waals surface area contributed by atoms with Crippen LogP contribution in [0.1, 0.15) is 27.2 Å². The number of phenols is 1. The van der Waals surface area contributed by atoms with Gasteiger partial charge in [0.05, 0.1) is 5.69 Å². The van der Waals surface area contributed by atoms with Crippen LogP contribution in [0.2, 0.25) is 0 Å². The summed E-state index contributed by atoms with van der Waals surface area (Å²) in [5.41, 5.74) is 5.76. The lowest BCUT2D eigenvalue weighted by atomic mass is 10.1. The van der Waals surface area contributed by atoms with Gasteiger partial charge in [-0.25, -0.2) is 9.97 Å². The first-order chi connectivity index (χ1) is 15.5. The number of aryl methyl sites for hydroxylation is 2. The average molecular weight is 428 g/mol. The molecule has 0 saturated carbocycles. The predicted molar refractivity (Wildman–Crippen MR) is 125 cm³/mol. The van der Waals surface area contributed by atoms with Crippen molar-refractivity contribution in [3.63, 3.8) is 0 Å². The van der Waals surface area contributed by atoms with E-state index in [2.05, 4.69) is 25.6 Å². The molecule has 0 fully saturated rings. The van der Waals surface area contributed by atoms with Gasteiger partial charge in [0.1, 0.15) is 11.4 Å². The molecule has 0 radical (unpaired) electrons. The Kier molecular flexibility index (Phi) is 6.17. The molecule has 0 unspecified atom stereocenters. The minimum absolute atomic E-state index is 0.211. The van der Waals surface area contributed by atoms with E-state index in [-0.39, 0.29) is 11.7 Å². The van der Waals surface area contributed by atoms with Gasteiger partial charge in [-0.05, 0) is 55.2 Å². The van der Waals surface area contributed by atoms with Gasteiger partial charge in [-0.15, -0.1) is 0 Å². The number of hydrogen-bond donors (Lipinski definition) is 4. The van der Waals surface area contributed by atoms with E-state index in [1.54, 1.807) is 30.6 Å². The van der Waals surface area contributed by atoms with Gasteiger partial charge < -0.3 is 20.7 Å². The van der Waals surface area contributed by atoms with Crippen molar-refractivity contribution in [1.82, 2.24) is 20.3 Å². The molecule has 7 heteroatoms. The number of aromatic amines is 1. The summed E-state index contributed by atoms with van der Waals surface area (Å²) in [6.07, 6.45) is 4.08. The van der Waals surface area contributed by atoms with Crippen LogP contribution in [0.3, 0.4) is 0 Å². The molecule has 0 aliphatic heterocycles. The fourth-order valence-corrected chi connectivity index (χ4v) is 3.42. The summed E-state index contributed by atoms with van der Waals surface area (Å²) in [6.45, 7) is 4.38. The molecule has 2 aromatic heterocycles. The highest BCUT2D eigenvalue weighted by atomic mass is 16.3. The van der Waals surface area contributed by atoms with Gasteiger partial charge in [-0.2, -0.15) is 0 Å². The maximum absolute atomic E-state index is 12.5. The molecule has 0 spiro atoms. The zero-order valence-corrected chi connectivity index (χ0v) is 18.0. The zero-order chi connectivity index (χ0) is 22.5. The quantitative estimate of drug-likeness (QED) is 0.347. The smallest absolute Gasteiger partial charge is 0.267 e.